The number of halogens is 2. The Morgan fingerprint density at radius 1 is 1.31 bits per heavy atom. The van der Waals surface area contributed by atoms with Crippen LogP contribution in [0.4, 0.5) is 0 Å². The SMILES string of the molecule is CC(C(=O)O)C(C)c1ccc(Br)c(O)c1Br. The molecule has 0 heterocycles. The van der Waals surface area contributed by atoms with Crippen LogP contribution in [-0.4, -0.2) is 16.2 Å². The van der Waals surface area contributed by atoms with Gasteiger partial charge in [-0.1, -0.05) is 19.9 Å². The molecule has 3 nitrogen and oxygen atoms in total. The number of carbonyl (C=O) groups is 1. The van der Waals surface area contributed by atoms with E-state index in [9.17, 15) is 9.90 Å². The number of hydrogen-bond donors (Lipinski definition) is 2. The summed E-state index contributed by atoms with van der Waals surface area (Å²) >= 11 is 6.48. The average Bonchev–Trinajstić information content (AvgIpc) is 2.24. The Morgan fingerprint density at radius 2 is 1.88 bits per heavy atom. The lowest BCUT2D eigenvalue weighted by molar-refractivity contribution is -0.141. The molecule has 2 N–H and O–H groups in total. The lowest BCUT2D eigenvalue weighted by Crippen LogP contribution is -2.17. The van der Waals surface area contributed by atoms with Crippen molar-refractivity contribution in [1.29, 1.82) is 0 Å². The highest BCUT2D eigenvalue weighted by Crippen LogP contribution is 2.39. The van der Waals surface area contributed by atoms with Gasteiger partial charge >= 0.3 is 5.97 Å². The quantitative estimate of drug-likeness (QED) is 0.872. The van der Waals surface area contributed by atoms with E-state index in [0.717, 1.165) is 5.56 Å². The van der Waals surface area contributed by atoms with Gasteiger partial charge in [0.2, 0.25) is 0 Å². The lowest BCUT2D eigenvalue weighted by Gasteiger charge is -2.18. The zero-order valence-electron chi connectivity index (χ0n) is 8.87. The number of phenolic OH excluding ortho intramolecular Hbond substituents is 1. The third-order valence-corrected chi connectivity index (χ3v) is 4.20. The molecule has 0 spiro atoms. The maximum Gasteiger partial charge on any atom is 0.306 e. The number of phenols is 1. The van der Waals surface area contributed by atoms with Gasteiger partial charge in [-0.25, -0.2) is 0 Å². The van der Waals surface area contributed by atoms with E-state index in [-0.39, 0.29) is 11.7 Å². The smallest absolute Gasteiger partial charge is 0.306 e. The molecule has 88 valence electrons. The molecule has 16 heavy (non-hydrogen) atoms. The molecular weight excluding hydrogens is 340 g/mol. The summed E-state index contributed by atoms with van der Waals surface area (Å²) in [6, 6.07) is 3.51. The van der Waals surface area contributed by atoms with E-state index in [2.05, 4.69) is 31.9 Å². The fourth-order valence-electron chi connectivity index (χ4n) is 1.39. The molecule has 2 atom stereocenters. The van der Waals surface area contributed by atoms with Crippen molar-refractivity contribution in [2.24, 2.45) is 5.92 Å². The third-order valence-electron chi connectivity index (χ3n) is 2.73. The van der Waals surface area contributed by atoms with Gasteiger partial charge in [-0.3, -0.25) is 4.79 Å². The summed E-state index contributed by atoms with van der Waals surface area (Å²) in [7, 11) is 0. The second kappa shape index (κ2) is 5.19. The predicted molar refractivity (Wildman–Crippen MR) is 68.7 cm³/mol. The molecule has 5 heteroatoms. The minimum Gasteiger partial charge on any atom is -0.506 e. The molecular formula is C11H12Br2O3. The van der Waals surface area contributed by atoms with E-state index in [1.54, 1.807) is 19.1 Å². The highest BCUT2D eigenvalue weighted by Gasteiger charge is 2.24. The van der Waals surface area contributed by atoms with Crippen molar-refractivity contribution in [2.45, 2.75) is 19.8 Å². The summed E-state index contributed by atoms with van der Waals surface area (Å²) < 4.78 is 1.13. The van der Waals surface area contributed by atoms with Crippen LogP contribution in [0.2, 0.25) is 0 Å². The van der Waals surface area contributed by atoms with E-state index in [4.69, 9.17) is 5.11 Å². The summed E-state index contributed by atoms with van der Waals surface area (Å²) in [6.45, 7) is 3.48. The Morgan fingerprint density at radius 3 is 2.38 bits per heavy atom. The Labute approximate surface area is 111 Å². The lowest BCUT2D eigenvalue weighted by atomic mass is 9.89. The number of carboxylic acid groups (broad SMARTS) is 1. The molecule has 1 rings (SSSR count). The van der Waals surface area contributed by atoms with Gasteiger partial charge in [-0.05, 0) is 49.4 Å². The summed E-state index contributed by atoms with van der Waals surface area (Å²) in [5, 5.41) is 18.7. The molecule has 0 fully saturated rings. The van der Waals surface area contributed by atoms with Crippen LogP contribution in [0.3, 0.4) is 0 Å². The third kappa shape index (κ3) is 2.58. The summed E-state index contributed by atoms with van der Waals surface area (Å²) in [5.41, 5.74) is 0.788. The number of carboxylic acids is 1. The van der Waals surface area contributed by atoms with Crippen molar-refractivity contribution in [2.75, 3.05) is 0 Å². The largest absolute Gasteiger partial charge is 0.506 e. The molecule has 0 amide bonds. The van der Waals surface area contributed by atoms with Gasteiger partial charge in [0.1, 0.15) is 5.75 Å². The maximum atomic E-state index is 10.9. The minimum atomic E-state index is -0.846. The van der Waals surface area contributed by atoms with Gasteiger partial charge in [0.05, 0.1) is 14.9 Å². The number of hydrogen-bond acceptors (Lipinski definition) is 2. The van der Waals surface area contributed by atoms with Crippen LogP contribution in [0.15, 0.2) is 21.1 Å². The number of benzene rings is 1. The summed E-state index contributed by atoms with van der Waals surface area (Å²) in [6.07, 6.45) is 0. The van der Waals surface area contributed by atoms with Crippen LogP contribution in [-0.2, 0) is 4.79 Å². The normalized spacial score (nSPS) is 14.5. The Balaban J connectivity index is 3.14. The van der Waals surface area contributed by atoms with Crippen molar-refractivity contribution in [3.63, 3.8) is 0 Å². The monoisotopic (exact) mass is 350 g/mol. The number of aromatic hydroxyl groups is 1. The van der Waals surface area contributed by atoms with Crippen LogP contribution < -0.4 is 0 Å². The van der Waals surface area contributed by atoms with Gasteiger partial charge in [-0.2, -0.15) is 0 Å². The zero-order valence-corrected chi connectivity index (χ0v) is 12.0. The van der Waals surface area contributed by atoms with Crippen molar-refractivity contribution < 1.29 is 15.0 Å². The Hall–Kier alpha value is -0.550. The predicted octanol–water partition coefficient (Wildman–Crippen LogP) is 3.74. The zero-order chi connectivity index (χ0) is 12.5. The summed E-state index contributed by atoms with van der Waals surface area (Å²) in [5.74, 6) is -1.42. The fraction of sp³-hybridized carbons (Fsp3) is 0.364. The minimum absolute atomic E-state index is 0.0990. The van der Waals surface area contributed by atoms with Crippen LogP contribution in [0, 0.1) is 5.92 Å². The highest BCUT2D eigenvalue weighted by atomic mass is 79.9. The molecule has 0 aliphatic carbocycles. The fourth-order valence-corrected chi connectivity index (χ4v) is 2.69. The molecule has 0 bridgehead atoms. The molecule has 0 aromatic heterocycles. The van der Waals surface area contributed by atoms with E-state index in [1.807, 2.05) is 6.92 Å². The second-order valence-electron chi connectivity index (χ2n) is 3.71. The summed E-state index contributed by atoms with van der Waals surface area (Å²) in [4.78, 5) is 10.9. The maximum absolute atomic E-state index is 10.9. The first-order valence-corrected chi connectivity index (χ1v) is 6.34. The Bertz CT molecular complexity index is 418. The number of aliphatic carboxylic acids is 1. The van der Waals surface area contributed by atoms with E-state index in [0.29, 0.717) is 8.95 Å². The van der Waals surface area contributed by atoms with Crippen LogP contribution in [0.25, 0.3) is 0 Å². The standard InChI is InChI=1S/C11H12Br2O3/c1-5(6(2)11(15)16)7-3-4-8(12)10(14)9(7)13/h3-6,14H,1-2H3,(H,15,16). The number of rotatable bonds is 3. The van der Waals surface area contributed by atoms with Gasteiger partial charge in [-0.15, -0.1) is 0 Å². The molecule has 0 aliphatic heterocycles. The highest BCUT2D eigenvalue weighted by molar-refractivity contribution is 9.11. The van der Waals surface area contributed by atoms with E-state index < -0.39 is 11.9 Å². The van der Waals surface area contributed by atoms with Crippen LogP contribution in [0.5, 0.6) is 5.75 Å². The van der Waals surface area contributed by atoms with Crippen LogP contribution >= 0.6 is 31.9 Å². The first-order chi connectivity index (χ1) is 7.36. The molecule has 0 saturated carbocycles. The van der Waals surface area contributed by atoms with Crippen LogP contribution in [0.1, 0.15) is 25.3 Å². The molecule has 1 aromatic rings. The van der Waals surface area contributed by atoms with Gasteiger partial charge in [0.25, 0.3) is 0 Å². The van der Waals surface area contributed by atoms with E-state index >= 15 is 0 Å². The van der Waals surface area contributed by atoms with Crippen molar-refractivity contribution in [3.05, 3.63) is 26.6 Å². The first-order valence-electron chi connectivity index (χ1n) is 4.76. The molecule has 2 unspecified atom stereocenters. The molecule has 0 saturated heterocycles. The average molecular weight is 352 g/mol. The molecule has 0 radical (unpaired) electrons. The van der Waals surface area contributed by atoms with E-state index in [1.165, 1.54) is 0 Å². The van der Waals surface area contributed by atoms with Gasteiger partial charge in [0.15, 0.2) is 0 Å². The molecule has 0 aliphatic rings. The second-order valence-corrected chi connectivity index (χ2v) is 5.36. The molecule has 1 aromatic carbocycles. The van der Waals surface area contributed by atoms with Crippen molar-refractivity contribution in [1.82, 2.24) is 0 Å². The first kappa shape index (κ1) is 13.5. The van der Waals surface area contributed by atoms with Crippen molar-refractivity contribution >= 4 is 37.8 Å². The Kier molecular flexibility index (Phi) is 4.38. The van der Waals surface area contributed by atoms with Gasteiger partial charge < -0.3 is 10.2 Å². The van der Waals surface area contributed by atoms with Crippen molar-refractivity contribution in [3.8, 4) is 5.75 Å². The topological polar surface area (TPSA) is 57.5 Å². The van der Waals surface area contributed by atoms with Gasteiger partial charge in [0, 0.05) is 0 Å².